The molecular weight excluding hydrogens is 161 g/mol. The average molecular weight is 167 g/mol. The summed E-state index contributed by atoms with van der Waals surface area (Å²) in [6, 6.07) is 4.97. The first-order valence-electron chi connectivity index (χ1n) is 2.65. The Labute approximate surface area is 81.7 Å². The summed E-state index contributed by atoms with van der Waals surface area (Å²) in [6.07, 6.45) is 0. The second-order valence-corrected chi connectivity index (χ2v) is 2.12. The van der Waals surface area contributed by atoms with E-state index in [0.717, 1.165) is 0 Å². The van der Waals surface area contributed by atoms with E-state index in [1.165, 1.54) is 19.2 Å². The topological polar surface area (TPSA) is 9.23 Å². The van der Waals surface area contributed by atoms with Crippen molar-refractivity contribution in [3.8, 4) is 5.75 Å². The molecule has 11 heavy (non-hydrogen) atoms. The van der Waals surface area contributed by atoms with E-state index in [1.807, 2.05) is 0 Å². The molecule has 0 saturated heterocycles. The van der Waals surface area contributed by atoms with Crippen LogP contribution in [0.1, 0.15) is 0 Å². The summed E-state index contributed by atoms with van der Waals surface area (Å²) in [5.74, 6) is -0.106. The second kappa shape index (κ2) is 4.66. The van der Waals surface area contributed by atoms with Gasteiger partial charge < -0.3 is 4.74 Å². The fourth-order valence-electron chi connectivity index (χ4n) is 0.596. The molecule has 0 radical (unpaired) electrons. The van der Waals surface area contributed by atoms with Crippen molar-refractivity contribution in [1.29, 1.82) is 0 Å². The van der Waals surface area contributed by atoms with Crippen molar-refractivity contribution in [2.75, 3.05) is 7.11 Å². The number of hydrogen-bond acceptors (Lipinski definition) is 1. The van der Waals surface area contributed by atoms with Crippen molar-refractivity contribution >= 4 is 11.6 Å². The van der Waals surface area contributed by atoms with Gasteiger partial charge in [-0.3, -0.25) is 0 Å². The predicted molar refractivity (Wildman–Crippen MR) is 36.8 cm³/mol. The van der Waals surface area contributed by atoms with Gasteiger partial charge >= 0.3 is 18.9 Å². The molecule has 0 N–H and O–H groups in total. The number of hydrogen-bond donors (Lipinski definition) is 0. The molecule has 0 aliphatic carbocycles. The Morgan fingerprint density at radius 2 is 2.18 bits per heavy atom. The van der Waals surface area contributed by atoms with Crippen LogP contribution in [0.2, 0.25) is 5.02 Å². The first kappa shape index (κ1) is 10.8. The maximum Gasteiger partial charge on any atom is 1.00 e. The Morgan fingerprint density at radius 3 is 2.64 bits per heavy atom. The Kier molecular flexibility index (Phi) is 4.59. The van der Waals surface area contributed by atoms with Crippen LogP contribution in [-0.2, 0) is 0 Å². The van der Waals surface area contributed by atoms with Crippen LogP contribution in [0.3, 0.4) is 0 Å². The molecular formula is C7H5ClFLiO. The number of benzene rings is 1. The molecule has 0 spiro atoms. The van der Waals surface area contributed by atoms with Crippen molar-refractivity contribution < 1.29 is 28.0 Å². The molecule has 1 nitrogen and oxygen atoms in total. The molecule has 4 heteroatoms. The Morgan fingerprint density at radius 1 is 1.55 bits per heavy atom. The average Bonchev–Trinajstić information content (AvgIpc) is 1.85. The third-order valence-corrected chi connectivity index (χ3v) is 1.22. The van der Waals surface area contributed by atoms with E-state index in [0.29, 0.717) is 5.75 Å². The van der Waals surface area contributed by atoms with Crippen molar-refractivity contribution in [1.82, 2.24) is 0 Å². The van der Waals surface area contributed by atoms with E-state index in [9.17, 15) is 4.39 Å². The standard InChI is InChI=1S/C7H5ClFO.Li/c1-10-7-3-5(8)2-6(9)4-7;/h3-4H,1H3;/q-1;+1. The molecule has 0 atom stereocenters. The van der Waals surface area contributed by atoms with E-state index in [4.69, 9.17) is 16.3 Å². The normalized spacial score (nSPS) is 8.64. The minimum absolute atomic E-state index is 0. The van der Waals surface area contributed by atoms with Gasteiger partial charge in [-0.25, -0.2) is 4.39 Å². The maximum atomic E-state index is 12.4. The molecule has 0 fully saturated rings. The van der Waals surface area contributed by atoms with E-state index >= 15 is 0 Å². The van der Waals surface area contributed by atoms with Crippen LogP contribution in [0.15, 0.2) is 12.1 Å². The maximum absolute atomic E-state index is 12.4. The van der Waals surface area contributed by atoms with Gasteiger partial charge in [0.15, 0.2) is 0 Å². The monoisotopic (exact) mass is 166 g/mol. The zero-order valence-corrected chi connectivity index (χ0v) is 7.07. The molecule has 0 amide bonds. The number of halogens is 2. The van der Waals surface area contributed by atoms with Crippen molar-refractivity contribution in [3.63, 3.8) is 0 Å². The third-order valence-electron chi connectivity index (χ3n) is 1.01. The van der Waals surface area contributed by atoms with Gasteiger partial charge in [0.1, 0.15) is 0 Å². The summed E-state index contributed by atoms with van der Waals surface area (Å²) < 4.78 is 17.1. The molecule has 0 aliphatic heterocycles. The minimum atomic E-state index is -0.510. The van der Waals surface area contributed by atoms with Crippen molar-refractivity contribution in [2.24, 2.45) is 0 Å². The molecule has 1 aromatic carbocycles. The fraction of sp³-hybridized carbons (Fsp3) is 0.143. The molecule has 0 heterocycles. The smallest absolute Gasteiger partial charge is 0.522 e. The number of ether oxygens (including phenoxy) is 1. The SMILES string of the molecule is COc1cc(F)[c-]c(Cl)c1.[Li+]. The third kappa shape index (κ3) is 3.16. The molecule has 1 aromatic rings. The number of methoxy groups -OCH3 is 1. The number of rotatable bonds is 1. The Bertz CT molecular complexity index is 222. The van der Waals surface area contributed by atoms with Gasteiger partial charge in [0.2, 0.25) is 0 Å². The molecule has 54 valence electrons. The molecule has 0 bridgehead atoms. The Hall–Kier alpha value is -0.163. The molecule has 1 rings (SSSR count). The summed E-state index contributed by atoms with van der Waals surface area (Å²) in [7, 11) is 1.45. The van der Waals surface area contributed by atoms with Crippen LogP contribution in [0, 0.1) is 11.9 Å². The summed E-state index contributed by atoms with van der Waals surface area (Å²) in [4.78, 5) is 0. The Balaban J connectivity index is 0.000001000. The second-order valence-electron chi connectivity index (χ2n) is 1.72. The van der Waals surface area contributed by atoms with Crippen LogP contribution in [0.5, 0.6) is 5.75 Å². The summed E-state index contributed by atoms with van der Waals surface area (Å²) >= 11 is 5.45. The van der Waals surface area contributed by atoms with Gasteiger partial charge in [0.05, 0.1) is 7.11 Å². The van der Waals surface area contributed by atoms with E-state index < -0.39 is 5.82 Å². The van der Waals surface area contributed by atoms with E-state index in [1.54, 1.807) is 0 Å². The fourth-order valence-corrected chi connectivity index (χ4v) is 0.793. The summed E-state index contributed by atoms with van der Waals surface area (Å²) in [5, 5.41) is 0.219. The van der Waals surface area contributed by atoms with Crippen LogP contribution in [-0.4, -0.2) is 7.11 Å². The van der Waals surface area contributed by atoms with Gasteiger partial charge in [0, 0.05) is 11.6 Å². The predicted octanol–water partition coefficient (Wildman–Crippen LogP) is -0.708. The molecule has 0 aliphatic rings. The van der Waals surface area contributed by atoms with E-state index in [2.05, 4.69) is 6.07 Å². The quantitative estimate of drug-likeness (QED) is 0.396. The van der Waals surface area contributed by atoms with Gasteiger partial charge in [-0.2, -0.15) is 0 Å². The minimum Gasteiger partial charge on any atom is -0.522 e. The largest absolute Gasteiger partial charge is 1.00 e. The van der Waals surface area contributed by atoms with Crippen LogP contribution < -0.4 is 23.6 Å². The van der Waals surface area contributed by atoms with Gasteiger partial charge in [-0.1, -0.05) is 11.1 Å². The van der Waals surface area contributed by atoms with Gasteiger partial charge in [0.25, 0.3) is 0 Å². The van der Waals surface area contributed by atoms with Crippen molar-refractivity contribution in [2.45, 2.75) is 0 Å². The van der Waals surface area contributed by atoms with E-state index in [-0.39, 0.29) is 23.9 Å². The summed E-state index contributed by atoms with van der Waals surface area (Å²) in [6.45, 7) is 0. The first-order valence-corrected chi connectivity index (χ1v) is 3.02. The summed E-state index contributed by atoms with van der Waals surface area (Å²) in [5.41, 5.74) is 0. The zero-order chi connectivity index (χ0) is 7.56. The van der Waals surface area contributed by atoms with Crippen LogP contribution >= 0.6 is 11.6 Å². The van der Waals surface area contributed by atoms with Crippen molar-refractivity contribution in [3.05, 3.63) is 29.0 Å². The van der Waals surface area contributed by atoms with Crippen LogP contribution in [0.25, 0.3) is 0 Å². The van der Waals surface area contributed by atoms with Gasteiger partial charge in [-0.05, 0) is 0 Å². The van der Waals surface area contributed by atoms with Gasteiger partial charge in [-0.15, -0.1) is 23.7 Å². The zero-order valence-electron chi connectivity index (χ0n) is 6.32. The van der Waals surface area contributed by atoms with Crippen LogP contribution in [0.4, 0.5) is 4.39 Å². The molecule has 0 aromatic heterocycles. The molecule has 0 unspecified atom stereocenters. The molecule has 0 saturated carbocycles. The first-order chi connectivity index (χ1) is 4.72.